The number of carbonyl (C=O) groups is 1. The number of nitrogens with one attached hydrogen (secondary N) is 1. The number of nitrogens with zero attached hydrogens (tertiary/aromatic N) is 1. The van der Waals surface area contributed by atoms with Gasteiger partial charge in [-0.15, -0.1) is 0 Å². The minimum absolute atomic E-state index is 0.0304. The minimum atomic E-state index is -0.468. The van der Waals surface area contributed by atoms with Gasteiger partial charge in [-0.3, -0.25) is 14.9 Å². The third kappa shape index (κ3) is 3.58. The van der Waals surface area contributed by atoms with Gasteiger partial charge in [0.25, 0.3) is 11.6 Å². The van der Waals surface area contributed by atoms with E-state index in [0.29, 0.717) is 28.3 Å². The Bertz CT molecular complexity index is 942. The number of anilines is 1. The summed E-state index contributed by atoms with van der Waals surface area (Å²) in [6.45, 7) is 3.65. The Labute approximate surface area is 144 Å². The monoisotopic (exact) mass is 336 g/mol. The van der Waals surface area contributed by atoms with Gasteiger partial charge in [0, 0.05) is 23.4 Å². The van der Waals surface area contributed by atoms with Crippen molar-refractivity contribution in [3.05, 3.63) is 81.6 Å². The van der Waals surface area contributed by atoms with Crippen molar-refractivity contribution in [2.75, 3.05) is 5.32 Å². The predicted molar refractivity (Wildman–Crippen MR) is 94.7 cm³/mol. The third-order valence-corrected chi connectivity index (χ3v) is 3.81. The van der Waals surface area contributed by atoms with Crippen LogP contribution in [0.2, 0.25) is 0 Å². The van der Waals surface area contributed by atoms with Crippen molar-refractivity contribution in [1.82, 2.24) is 0 Å². The van der Waals surface area contributed by atoms with Crippen molar-refractivity contribution in [2.24, 2.45) is 0 Å². The molecule has 1 N–H and O–H groups in total. The molecule has 6 nitrogen and oxygen atoms in total. The zero-order valence-corrected chi connectivity index (χ0v) is 13.8. The average Bonchev–Trinajstić information content (AvgIpc) is 2.99. The van der Waals surface area contributed by atoms with Crippen LogP contribution in [0.15, 0.2) is 59.0 Å². The number of aryl methyl sites for hydroxylation is 2. The lowest BCUT2D eigenvalue weighted by Gasteiger charge is -2.04. The summed E-state index contributed by atoms with van der Waals surface area (Å²) >= 11 is 0. The molecule has 0 aliphatic rings. The molecule has 25 heavy (non-hydrogen) atoms. The van der Waals surface area contributed by atoms with Gasteiger partial charge in [-0.1, -0.05) is 29.8 Å². The molecule has 1 amide bonds. The number of nitro groups is 1. The summed E-state index contributed by atoms with van der Waals surface area (Å²) in [5, 5.41) is 13.7. The topological polar surface area (TPSA) is 85.4 Å². The molecule has 0 atom stereocenters. The number of non-ortho nitro benzene ring substituents is 1. The molecule has 3 rings (SSSR count). The summed E-state index contributed by atoms with van der Waals surface area (Å²) in [6.07, 6.45) is 0. The minimum Gasteiger partial charge on any atom is -0.461 e. The highest BCUT2D eigenvalue weighted by molar-refractivity contribution is 6.05. The molecule has 1 heterocycles. The van der Waals surface area contributed by atoms with Crippen LogP contribution in [0, 0.1) is 24.0 Å². The number of carbonyl (C=O) groups excluding carboxylic acids is 1. The second kappa shape index (κ2) is 6.60. The molecular weight excluding hydrogens is 320 g/mol. The Kier molecular flexibility index (Phi) is 4.35. The largest absolute Gasteiger partial charge is 0.461 e. The number of nitro benzene ring substituents is 1. The molecular formula is C19H16N2O4. The fourth-order valence-corrected chi connectivity index (χ4v) is 2.46. The van der Waals surface area contributed by atoms with Crippen LogP contribution in [0.3, 0.4) is 0 Å². The smallest absolute Gasteiger partial charge is 0.270 e. The zero-order valence-electron chi connectivity index (χ0n) is 13.8. The fraction of sp³-hybridized carbons (Fsp3) is 0.105. The van der Waals surface area contributed by atoms with Crippen LogP contribution in [0.25, 0.3) is 11.3 Å². The van der Waals surface area contributed by atoms with E-state index in [1.807, 2.05) is 31.2 Å². The van der Waals surface area contributed by atoms with Crippen molar-refractivity contribution >= 4 is 17.3 Å². The quantitative estimate of drug-likeness (QED) is 0.551. The van der Waals surface area contributed by atoms with Crippen molar-refractivity contribution in [2.45, 2.75) is 13.8 Å². The van der Waals surface area contributed by atoms with E-state index in [-0.39, 0.29) is 11.6 Å². The fourth-order valence-electron chi connectivity index (χ4n) is 2.46. The van der Waals surface area contributed by atoms with Crippen molar-refractivity contribution in [3.8, 4) is 11.3 Å². The van der Waals surface area contributed by atoms with E-state index in [9.17, 15) is 14.9 Å². The third-order valence-electron chi connectivity index (χ3n) is 3.81. The zero-order chi connectivity index (χ0) is 18.0. The number of rotatable bonds is 4. The maximum absolute atomic E-state index is 12.5. The Morgan fingerprint density at radius 3 is 2.48 bits per heavy atom. The molecule has 0 aliphatic heterocycles. The first-order valence-corrected chi connectivity index (χ1v) is 7.67. The van der Waals surface area contributed by atoms with E-state index in [2.05, 4.69) is 5.32 Å². The normalized spacial score (nSPS) is 10.5. The van der Waals surface area contributed by atoms with Gasteiger partial charge in [-0.05, 0) is 32.0 Å². The van der Waals surface area contributed by atoms with Gasteiger partial charge < -0.3 is 9.73 Å². The van der Waals surface area contributed by atoms with E-state index >= 15 is 0 Å². The molecule has 3 aromatic rings. The van der Waals surface area contributed by atoms with Crippen LogP contribution in [-0.2, 0) is 0 Å². The van der Waals surface area contributed by atoms with Crippen LogP contribution in [0.5, 0.6) is 0 Å². The summed E-state index contributed by atoms with van der Waals surface area (Å²) in [4.78, 5) is 22.9. The van der Waals surface area contributed by atoms with Crippen LogP contribution >= 0.6 is 0 Å². The Balaban J connectivity index is 1.87. The first-order chi connectivity index (χ1) is 11.9. The van der Waals surface area contributed by atoms with E-state index in [1.54, 1.807) is 25.1 Å². The van der Waals surface area contributed by atoms with Crippen molar-refractivity contribution in [3.63, 3.8) is 0 Å². The lowest BCUT2D eigenvalue weighted by molar-refractivity contribution is -0.384. The van der Waals surface area contributed by atoms with Crippen LogP contribution in [-0.4, -0.2) is 10.8 Å². The van der Waals surface area contributed by atoms with Crippen LogP contribution in [0.1, 0.15) is 21.7 Å². The summed E-state index contributed by atoms with van der Waals surface area (Å²) in [5.74, 6) is 0.572. The molecule has 0 saturated heterocycles. The highest BCUT2D eigenvalue weighted by Crippen LogP contribution is 2.28. The first-order valence-electron chi connectivity index (χ1n) is 7.67. The predicted octanol–water partition coefficient (Wildman–Crippen LogP) is 4.72. The summed E-state index contributed by atoms with van der Waals surface area (Å²) in [7, 11) is 0. The Morgan fingerprint density at radius 2 is 1.80 bits per heavy atom. The van der Waals surface area contributed by atoms with Crippen molar-refractivity contribution in [1.29, 1.82) is 0 Å². The number of benzene rings is 2. The van der Waals surface area contributed by atoms with Gasteiger partial charge in [0.2, 0.25) is 0 Å². The van der Waals surface area contributed by atoms with E-state index in [4.69, 9.17) is 4.42 Å². The summed E-state index contributed by atoms with van der Waals surface area (Å²) < 4.78 is 5.63. The number of hydrogen-bond acceptors (Lipinski definition) is 4. The number of hydrogen-bond donors (Lipinski definition) is 1. The van der Waals surface area contributed by atoms with Gasteiger partial charge in [0.05, 0.1) is 10.5 Å². The SMILES string of the molecule is Cc1ccc(NC(=O)c2cc(-c3cccc([N+](=O)[O-])c3)oc2C)cc1. The van der Waals surface area contributed by atoms with E-state index < -0.39 is 4.92 Å². The highest BCUT2D eigenvalue weighted by atomic mass is 16.6. The molecule has 0 bridgehead atoms. The van der Waals surface area contributed by atoms with Gasteiger partial charge >= 0.3 is 0 Å². The number of amides is 1. The van der Waals surface area contributed by atoms with Gasteiger partial charge in [-0.25, -0.2) is 0 Å². The molecule has 0 spiro atoms. The highest BCUT2D eigenvalue weighted by Gasteiger charge is 2.17. The maximum atomic E-state index is 12.5. The van der Waals surface area contributed by atoms with Gasteiger partial charge in [0.1, 0.15) is 11.5 Å². The molecule has 0 fully saturated rings. The lowest BCUT2D eigenvalue weighted by atomic mass is 10.1. The van der Waals surface area contributed by atoms with Crippen LogP contribution in [0.4, 0.5) is 11.4 Å². The Morgan fingerprint density at radius 1 is 1.08 bits per heavy atom. The summed E-state index contributed by atoms with van der Waals surface area (Å²) in [6, 6.07) is 15.2. The molecule has 6 heteroatoms. The molecule has 0 radical (unpaired) electrons. The average molecular weight is 336 g/mol. The van der Waals surface area contributed by atoms with Gasteiger partial charge in [0.15, 0.2) is 0 Å². The second-order valence-corrected chi connectivity index (χ2v) is 5.71. The van der Waals surface area contributed by atoms with E-state index in [1.165, 1.54) is 12.1 Å². The lowest BCUT2D eigenvalue weighted by Crippen LogP contribution is -2.11. The molecule has 0 unspecified atom stereocenters. The second-order valence-electron chi connectivity index (χ2n) is 5.71. The molecule has 0 aliphatic carbocycles. The summed E-state index contributed by atoms with van der Waals surface area (Å²) in [5.41, 5.74) is 2.70. The first kappa shape index (κ1) is 16.4. The van der Waals surface area contributed by atoms with Crippen molar-refractivity contribution < 1.29 is 14.1 Å². The molecule has 2 aromatic carbocycles. The van der Waals surface area contributed by atoms with E-state index in [0.717, 1.165) is 5.56 Å². The maximum Gasteiger partial charge on any atom is 0.270 e. The molecule has 1 aromatic heterocycles. The number of furan rings is 1. The standard InChI is InChI=1S/C19H16N2O4/c1-12-6-8-15(9-7-12)20-19(22)17-11-18(25-13(17)2)14-4-3-5-16(10-14)21(23)24/h3-11H,1-2H3,(H,20,22). The molecule has 126 valence electrons. The van der Waals surface area contributed by atoms with Crippen LogP contribution < -0.4 is 5.32 Å². The molecule has 0 saturated carbocycles. The van der Waals surface area contributed by atoms with Gasteiger partial charge in [-0.2, -0.15) is 0 Å². The Hall–Kier alpha value is -3.41.